The summed E-state index contributed by atoms with van der Waals surface area (Å²) in [6, 6.07) is 10.0. The van der Waals surface area contributed by atoms with Crippen LogP contribution < -0.4 is 0 Å². The molecular formula is C20H24N4O2. The minimum Gasteiger partial charge on any atom is -0.371 e. The normalized spacial score (nSPS) is 23.0. The van der Waals surface area contributed by atoms with Gasteiger partial charge in [0.1, 0.15) is 0 Å². The Hall–Kier alpha value is -2.31. The van der Waals surface area contributed by atoms with Gasteiger partial charge < -0.3 is 9.64 Å². The summed E-state index contributed by atoms with van der Waals surface area (Å²) in [4.78, 5) is 25.7. The molecule has 0 spiro atoms. The van der Waals surface area contributed by atoms with Gasteiger partial charge in [0.2, 0.25) is 0 Å². The molecule has 0 saturated carbocycles. The molecule has 2 aromatic rings. The zero-order valence-corrected chi connectivity index (χ0v) is 15.0. The first-order chi connectivity index (χ1) is 12.7. The van der Waals surface area contributed by atoms with Crippen LogP contribution >= 0.6 is 0 Å². The van der Waals surface area contributed by atoms with Crippen molar-refractivity contribution < 1.29 is 9.53 Å². The molecule has 2 fully saturated rings. The lowest BCUT2D eigenvalue weighted by molar-refractivity contribution is 0.0435. The lowest BCUT2D eigenvalue weighted by Gasteiger charge is -2.37. The fourth-order valence-electron chi connectivity index (χ4n) is 3.77. The number of aromatic nitrogens is 2. The van der Waals surface area contributed by atoms with Crippen molar-refractivity contribution >= 4 is 5.91 Å². The Kier molecular flexibility index (Phi) is 4.95. The first-order valence-corrected chi connectivity index (χ1v) is 9.16. The van der Waals surface area contributed by atoms with Gasteiger partial charge in [-0.3, -0.25) is 19.7 Å². The van der Waals surface area contributed by atoms with Crippen LogP contribution in [0.1, 0.15) is 28.2 Å². The molecular weight excluding hydrogens is 328 g/mol. The molecule has 136 valence electrons. The van der Waals surface area contributed by atoms with E-state index < -0.39 is 0 Å². The minimum atomic E-state index is 0.0787. The molecule has 6 heteroatoms. The van der Waals surface area contributed by atoms with Gasteiger partial charge in [0.25, 0.3) is 5.91 Å². The second kappa shape index (κ2) is 7.51. The van der Waals surface area contributed by atoms with Gasteiger partial charge in [-0.15, -0.1) is 0 Å². The third-order valence-corrected chi connectivity index (χ3v) is 5.22. The number of rotatable bonds is 4. The summed E-state index contributed by atoms with van der Waals surface area (Å²) >= 11 is 0. The van der Waals surface area contributed by atoms with Gasteiger partial charge in [-0.2, -0.15) is 0 Å². The lowest BCUT2D eigenvalue weighted by atomic mass is 10.1. The van der Waals surface area contributed by atoms with E-state index in [1.54, 1.807) is 12.4 Å². The van der Waals surface area contributed by atoms with E-state index in [0.29, 0.717) is 18.2 Å². The highest BCUT2D eigenvalue weighted by Crippen LogP contribution is 2.25. The van der Waals surface area contributed by atoms with Gasteiger partial charge in [-0.05, 0) is 37.6 Å². The van der Waals surface area contributed by atoms with Crippen molar-refractivity contribution in [3.05, 3.63) is 59.7 Å². The molecule has 1 amide bonds. The Morgan fingerprint density at radius 1 is 1.19 bits per heavy atom. The Labute approximate surface area is 153 Å². The topological polar surface area (TPSA) is 58.6 Å². The van der Waals surface area contributed by atoms with Gasteiger partial charge in [0, 0.05) is 50.3 Å². The molecule has 2 atom stereocenters. The Morgan fingerprint density at radius 3 is 2.88 bits per heavy atom. The molecule has 2 saturated heterocycles. The highest BCUT2D eigenvalue weighted by atomic mass is 16.5. The molecule has 2 aliphatic rings. The van der Waals surface area contributed by atoms with E-state index >= 15 is 0 Å². The first kappa shape index (κ1) is 17.1. The second-order valence-corrected chi connectivity index (χ2v) is 7.08. The smallest absolute Gasteiger partial charge is 0.255 e. The molecule has 2 aliphatic heterocycles. The van der Waals surface area contributed by atoms with E-state index in [9.17, 15) is 4.79 Å². The van der Waals surface area contributed by atoms with Crippen LogP contribution in [0.4, 0.5) is 0 Å². The number of nitrogens with zero attached hydrogens (tertiary/aromatic N) is 4. The van der Waals surface area contributed by atoms with Crippen molar-refractivity contribution in [1.29, 1.82) is 0 Å². The number of ether oxygens (including phenoxy) is 1. The standard InChI is InChI=1S/C20H24N4O2/c1-15-5-6-16(11-22-15)20(25)24-9-8-23-13-19(10-18(23)12-24)26-14-17-4-2-3-7-21-17/h2-7,11,18-19H,8-10,12-14H2,1H3/t18-,19+/m0/s1. The summed E-state index contributed by atoms with van der Waals surface area (Å²) in [6.07, 6.45) is 4.64. The van der Waals surface area contributed by atoms with Crippen molar-refractivity contribution in [2.45, 2.75) is 32.1 Å². The SMILES string of the molecule is Cc1ccc(C(=O)N2CCN3C[C@H](OCc4ccccn4)C[C@H]3C2)cn1. The van der Waals surface area contributed by atoms with E-state index in [1.807, 2.05) is 42.2 Å². The molecule has 4 heterocycles. The maximum Gasteiger partial charge on any atom is 0.255 e. The average Bonchev–Trinajstić information content (AvgIpc) is 3.09. The number of piperazine rings is 1. The summed E-state index contributed by atoms with van der Waals surface area (Å²) in [6.45, 7) is 5.83. The highest BCUT2D eigenvalue weighted by molar-refractivity contribution is 5.94. The van der Waals surface area contributed by atoms with E-state index in [2.05, 4.69) is 14.9 Å². The Morgan fingerprint density at radius 2 is 2.12 bits per heavy atom. The molecule has 26 heavy (non-hydrogen) atoms. The molecule has 6 nitrogen and oxygen atoms in total. The largest absolute Gasteiger partial charge is 0.371 e. The third kappa shape index (κ3) is 3.76. The number of hydrogen-bond acceptors (Lipinski definition) is 5. The van der Waals surface area contributed by atoms with E-state index in [-0.39, 0.29) is 12.0 Å². The van der Waals surface area contributed by atoms with Crippen LogP contribution in [0.3, 0.4) is 0 Å². The van der Waals surface area contributed by atoms with Gasteiger partial charge >= 0.3 is 0 Å². The van der Waals surface area contributed by atoms with Gasteiger partial charge in [-0.25, -0.2) is 0 Å². The van der Waals surface area contributed by atoms with Crippen molar-refractivity contribution in [3.63, 3.8) is 0 Å². The molecule has 0 N–H and O–H groups in total. The van der Waals surface area contributed by atoms with Crippen LogP contribution in [0.15, 0.2) is 42.7 Å². The third-order valence-electron chi connectivity index (χ3n) is 5.22. The fraction of sp³-hybridized carbons (Fsp3) is 0.450. The van der Waals surface area contributed by atoms with Crippen molar-refractivity contribution in [2.75, 3.05) is 26.2 Å². The molecule has 0 radical (unpaired) electrons. The molecule has 0 unspecified atom stereocenters. The van der Waals surface area contributed by atoms with Gasteiger partial charge in [0.15, 0.2) is 0 Å². The van der Waals surface area contributed by atoms with Crippen LogP contribution in [-0.2, 0) is 11.3 Å². The predicted molar refractivity (Wildman–Crippen MR) is 97.7 cm³/mol. The van der Waals surface area contributed by atoms with Gasteiger partial charge in [0.05, 0.1) is 24.0 Å². The number of hydrogen-bond donors (Lipinski definition) is 0. The quantitative estimate of drug-likeness (QED) is 0.841. The Balaban J connectivity index is 1.32. The van der Waals surface area contributed by atoms with Crippen molar-refractivity contribution in [1.82, 2.24) is 19.8 Å². The zero-order chi connectivity index (χ0) is 17.9. The highest BCUT2D eigenvalue weighted by Gasteiger charge is 2.38. The number of carbonyl (C=O) groups excluding carboxylic acids is 1. The van der Waals surface area contributed by atoms with Crippen LogP contribution in [0, 0.1) is 6.92 Å². The van der Waals surface area contributed by atoms with E-state index in [1.165, 1.54) is 0 Å². The van der Waals surface area contributed by atoms with Crippen LogP contribution in [0.5, 0.6) is 0 Å². The molecule has 0 aromatic carbocycles. The number of pyridine rings is 2. The van der Waals surface area contributed by atoms with Crippen molar-refractivity contribution in [2.24, 2.45) is 0 Å². The summed E-state index contributed by atoms with van der Waals surface area (Å²) in [7, 11) is 0. The number of amides is 1. The maximum absolute atomic E-state index is 12.7. The van der Waals surface area contributed by atoms with Crippen LogP contribution in [0.25, 0.3) is 0 Å². The lowest BCUT2D eigenvalue weighted by Crippen LogP contribution is -2.52. The summed E-state index contributed by atoms with van der Waals surface area (Å²) in [5.41, 5.74) is 2.56. The molecule has 4 rings (SSSR count). The molecule has 2 aromatic heterocycles. The summed E-state index contributed by atoms with van der Waals surface area (Å²) < 4.78 is 6.06. The first-order valence-electron chi connectivity index (χ1n) is 9.16. The van der Waals surface area contributed by atoms with Gasteiger partial charge in [-0.1, -0.05) is 6.07 Å². The van der Waals surface area contributed by atoms with E-state index in [4.69, 9.17) is 4.74 Å². The zero-order valence-electron chi connectivity index (χ0n) is 15.0. The van der Waals surface area contributed by atoms with Crippen LogP contribution in [0.2, 0.25) is 0 Å². The number of carbonyl (C=O) groups is 1. The second-order valence-electron chi connectivity index (χ2n) is 7.08. The monoisotopic (exact) mass is 352 g/mol. The number of aryl methyl sites for hydroxylation is 1. The van der Waals surface area contributed by atoms with E-state index in [0.717, 1.165) is 44.0 Å². The number of fused-ring (bicyclic) bond motifs is 1. The molecule has 0 aliphatic carbocycles. The maximum atomic E-state index is 12.7. The summed E-state index contributed by atoms with van der Waals surface area (Å²) in [5.74, 6) is 0.0787. The predicted octanol–water partition coefficient (Wildman–Crippen LogP) is 1.90. The van der Waals surface area contributed by atoms with Crippen LogP contribution in [-0.4, -0.2) is 64.0 Å². The average molecular weight is 352 g/mol. The summed E-state index contributed by atoms with van der Waals surface area (Å²) in [5, 5.41) is 0. The van der Waals surface area contributed by atoms with Crippen molar-refractivity contribution in [3.8, 4) is 0 Å². The fourth-order valence-corrected chi connectivity index (χ4v) is 3.77. The minimum absolute atomic E-state index is 0.0787. The molecule has 0 bridgehead atoms. The Bertz CT molecular complexity index is 750.